The summed E-state index contributed by atoms with van der Waals surface area (Å²) in [5, 5.41) is 0. The highest BCUT2D eigenvalue weighted by Gasteiger charge is 2.23. The van der Waals surface area contributed by atoms with Crippen LogP contribution in [0.25, 0.3) is 0 Å². The molecule has 0 atom stereocenters. The highest BCUT2D eigenvalue weighted by atomic mass is 32.7. The average Bonchev–Trinajstić information content (AvgIpc) is 2.18. The zero-order valence-electron chi connectivity index (χ0n) is 9.73. The molecule has 0 rings (SSSR count). The third-order valence-corrected chi connectivity index (χ3v) is 5.34. The van der Waals surface area contributed by atoms with Gasteiger partial charge in [0.05, 0.1) is 19.8 Å². The molecule has 4 nitrogen and oxygen atoms in total. The predicted molar refractivity (Wildman–Crippen MR) is 64.4 cm³/mol. The van der Waals surface area contributed by atoms with Crippen LogP contribution in [0.1, 0.15) is 27.2 Å². The summed E-state index contributed by atoms with van der Waals surface area (Å²) in [6, 6.07) is 0. The van der Waals surface area contributed by atoms with Crippen molar-refractivity contribution in [3.63, 3.8) is 0 Å². The van der Waals surface area contributed by atoms with Gasteiger partial charge < -0.3 is 13.8 Å². The lowest BCUT2D eigenvalue weighted by Crippen LogP contribution is -2.00. The Morgan fingerprint density at radius 1 is 1.07 bits per heavy atom. The van der Waals surface area contributed by atoms with Crippen molar-refractivity contribution in [1.82, 2.24) is 0 Å². The predicted octanol–water partition coefficient (Wildman–Crippen LogP) is 3.33. The minimum Gasteiger partial charge on any atom is -0.381 e. The van der Waals surface area contributed by atoms with E-state index in [-0.39, 0.29) is 0 Å². The topological polar surface area (TPSA) is 44.8 Å². The van der Waals surface area contributed by atoms with Gasteiger partial charge in [0.1, 0.15) is 0 Å². The molecule has 0 aliphatic heterocycles. The second kappa shape index (κ2) is 9.67. The molecule has 15 heavy (non-hydrogen) atoms. The SMILES string of the molecule is CCCOCCSP(=O)(OCC)OCC. The molecule has 0 unspecified atom stereocenters. The third kappa shape index (κ3) is 8.29. The summed E-state index contributed by atoms with van der Waals surface area (Å²) in [5.74, 6) is 0.636. The largest absolute Gasteiger partial charge is 0.389 e. The Kier molecular flexibility index (Phi) is 9.97. The second-order valence-electron chi connectivity index (χ2n) is 2.73. The normalized spacial score (nSPS) is 11.9. The molecule has 0 aromatic heterocycles. The molecule has 0 bridgehead atoms. The van der Waals surface area contributed by atoms with Crippen LogP contribution in [-0.2, 0) is 18.3 Å². The van der Waals surface area contributed by atoms with Gasteiger partial charge in [0.15, 0.2) is 0 Å². The van der Waals surface area contributed by atoms with Gasteiger partial charge in [0, 0.05) is 12.4 Å². The molecule has 0 heterocycles. The first-order valence-electron chi connectivity index (χ1n) is 5.29. The zero-order valence-corrected chi connectivity index (χ0v) is 11.4. The quantitative estimate of drug-likeness (QED) is 0.443. The van der Waals surface area contributed by atoms with E-state index in [9.17, 15) is 4.57 Å². The molecule has 0 amide bonds. The Hall–Kier alpha value is 0.460. The van der Waals surface area contributed by atoms with Gasteiger partial charge in [-0.25, -0.2) is 4.57 Å². The smallest absolute Gasteiger partial charge is 0.381 e. The van der Waals surface area contributed by atoms with E-state index in [0.717, 1.165) is 13.0 Å². The standard InChI is InChI=1S/C9H21O4PS/c1-4-7-11-8-9-15-14(10,12-5-2)13-6-3/h4-9H2,1-3H3. The maximum atomic E-state index is 11.9. The van der Waals surface area contributed by atoms with Crippen LogP contribution in [0.5, 0.6) is 0 Å². The van der Waals surface area contributed by atoms with Crippen molar-refractivity contribution >= 4 is 18.2 Å². The number of hydrogen-bond acceptors (Lipinski definition) is 5. The van der Waals surface area contributed by atoms with E-state index < -0.39 is 6.80 Å². The van der Waals surface area contributed by atoms with Crippen molar-refractivity contribution in [2.24, 2.45) is 0 Å². The van der Waals surface area contributed by atoms with Crippen molar-refractivity contribution in [1.29, 1.82) is 0 Å². The molecular weight excluding hydrogens is 235 g/mol. The van der Waals surface area contributed by atoms with E-state index >= 15 is 0 Å². The van der Waals surface area contributed by atoms with Gasteiger partial charge in [-0.3, -0.25) is 0 Å². The van der Waals surface area contributed by atoms with Crippen LogP contribution < -0.4 is 0 Å². The van der Waals surface area contributed by atoms with Gasteiger partial charge in [-0.1, -0.05) is 6.92 Å². The molecule has 0 N–H and O–H groups in total. The van der Waals surface area contributed by atoms with Crippen LogP contribution in [0.15, 0.2) is 0 Å². The van der Waals surface area contributed by atoms with E-state index in [1.807, 2.05) is 0 Å². The summed E-state index contributed by atoms with van der Waals surface area (Å²) in [4.78, 5) is 0. The summed E-state index contributed by atoms with van der Waals surface area (Å²) in [6.45, 7) is 4.87. The Morgan fingerprint density at radius 3 is 2.13 bits per heavy atom. The Morgan fingerprint density at radius 2 is 1.67 bits per heavy atom. The Balaban J connectivity index is 3.71. The Bertz CT molecular complexity index is 179. The minimum absolute atomic E-state index is 0.403. The van der Waals surface area contributed by atoms with Gasteiger partial charge in [-0.05, 0) is 31.7 Å². The minimum atomic E-state index is -2.93. The molecule has 0 fully saturated rings. The molecule has 0 radical (unpaired) electrons. The van der Waals surface area contributed by atoms with Gasteiger partial charge in [0.2, 0.25) is 0 Å². The number of rotatable bonds is 10. The molecule has 0 aromatic rings. The zero-order chi connectivity index (χ0) is 11.6. The van der Waals surface area contributed by atoms with E-state index in [1.165, 1.54) is 11.4 Å². The summed E-state index contributed by atoms with van der Waals surface area (Å²) >= 11 is 1.21. The van der Waals surface area contributed by atoms with Crippen LogP contribution in [0.4, 0.5) is 0 Å². The van der Waals surface area contributed by atoms with Gasteiger partial charge in [-0.15, -0.1) is 0 Å². The molecule has 0 aliphatic carbocycles. The highest BCUT2D eigenvalue weighted by molar-refractivity contribution is 8.55. The Labute approximate surface area is 96.3 Å². The van der Waals surface area contributed by atoms with E-state index in [2.05, 4.69) is 6.92 Å². The average molecular weight is 256 g/mol. The van der Waals surface area contributed by atoms with Crippen LogP contribution in [0.2, 0.25) is 0 Å². The first-order chi connectivity index (χ1) is 7.18. The van der Waals surface area contributed by atoms with E-state index in [4.69, 9.17) is 13.8 Å². The van der Waals surface area contributed by atoms with E-state index in [0.29, 0.717) is 25.6 Å². The lowest BCUT2D eigenvalue weighted by molar-refractivity contribution is 0.150. The van der Waals surface area contributed by atoms with Crippen molar-refractivity contribution in [3.05, 3.63) is 0 Å². The van der Waals surface area contributed by atoms with Crippen LogP contribution >= 0.6 is 18.2 Å². The number of hydrogen-bond donors (Lipinski definition) is 0. The maximum Gasteiger partial charge on any atom is 0.389 e. The van der Waals surface area contributed by atoms with Crippen molar-refractivity contribution in [2.75, 3.05) is 32.2 Å². The molecule has 0 spiro atoms. The lowest BCUT2D eigenvalue weighted by Gasteiger charge is -2.15. The van der Waals surface area contributed by atoms with E-state index in [1.54, 1.807) is 13.8 Å². The highest BCUT2D eigenvalue weighted by Crippen LogP contribution is 2.60. The molecule has 0 aliphatic rings. The molecule has 0 saturated carbocycles. The fraction of sp³-hybridized carbons (Fsp3) is 1.00. The maximum absolute atomic E-state index is 11.9. The van der Waals surface area contributed by atoms with Crippen LogP contribution in [-0.4, -0.2) is 32.2 Å². The summed E-state index contributed by atoms with van der Waals surface area (Å²) < 4.78 is 27.4. The third-order valence-electron chi connectivity index (χ3n) is 1.40. The van der Waals surface area contributed by atoms with Crippen molar-refractivity contribution in [3.8, 4) is 0 Å². The summed E-state index contributed by atoms with van der Waals surface area (Å²) in [6.07, 6.45) is 0.999. The molecule has 92 valence electrons. The fourth-order valence-electron chi connectivity index (χ4n) is 0.882. The van der Waals surface area contributed by atoms with Crippen molar-refractivity contribution < 1.29 is 18.3 Å². The van der Waals surface area contributed by atoms with Gasteiger partial charge >= 0.3 is 6.80 Å². The summed E-state index contributed by atoms with van der Waals surface area (Å²) in [7, 11) is 0. The molecular formula is C9H21O4PS. The fourth-order valence-corrected chi connectivity index (χ4v) is 4.13. The first kappa shape index (κ1) is 15.5. The van der Waals surface area contributed by atoms with Crippen molar-refractivity contribution in [2.45, 2.75) is 27.2 Å². The number of ether oxygens (including phenoxy) is 1. The monoisotopic (exact) mass is 256 g/mol. The molecule has 0 aromatic carbocycles. The molecule has 6 heteroatoms. The lowest BCUT2D eigenvalue weighted by atomic mass is 10.5. The van der Waals surface area contributed by atoms with Crippen LogP contribution in [0.3, 0.4) is 0 Å². The molecule has 0 saturated heterocycles. The summed E-state index contributed by atoms with van der Waals surface area (Å²) in [5.41, 5.74) is 0. The van der Waals surface area contributed by atoms with Gasteiger partial charge in [-0.2, -0.15) is 0 Å². The van der Waals surface area contributed by atoms with Gasteiger partial charge in [0.25, 0.3) is 0 Å². The van der Waals surface area contributed by atoms with Crippen LogP contribution in [0, 0.1) is 0 Å². The second-order valence-corrected chi connectivity index (χ2v) is 6.92. The first-order valence-corrected chi connectivity index (χ1v) is 8.43.